The highest BCUT2D eigenvalue weighted by molar-refractivity contribution is 5.80. The first kappa shape index (κ1) is 23.2. The van der Waals surface area contributed by atoms with E-state index in [0.717, 1.165) is 32.0 Å². The number of carbonyl (C=O) groups is 1. The third kappa shape index (κ3) is 4.44. The first-order valence-corrected chi connectivity index (χ1v) is 11.1. The molecule has 9 heteroatoms. The molecule has 2 saturated heterocycles. The quantitative estimate of drug-likeness (QED) is 0.762. The second-order valence-electron chi connectivity index (χ2n) is 9.14. The number of piperidine rings is 1. The molecule has 2 aliphatic heterocycles. The molecule has 0 bridgehead atoms. The second kappa shape index (κ2) is 8.75. The number of amides is 1. The molecule has 1 spiro atoms. The van der Waals surface area contributed by atoms with E-state index in [1.165, 1.54) is 11.8 Å². The van der Waals surface area contributed by atoms with E-state index >= 15 is 0 Å². The summed E-state index contributed by atoms with van der Waals surface area (Å²) in [6, 6.07) is 9.61. The van der Waals surface area contributed by atoms with Crippen LogP contribution in [0.25, 0.3) is 0 Å². The molecule has 2 aromatic rings. The van der Waals surface area contributed by atoms with E-state index in [0.29, 0.717) is 25.3 Å². The van der Waals surface area contributed by atoms with E-state index in [2.05, 4.69) is 20.9 Å². The van der Waals surface area contributed by atoms with E-state index in [9.17, 15) is 18.0 Å². The highest BCUT2D eigenvalue weighted by Crippen LogP contribution is 2.46. The van der Waals surface area contributed by atoms with Crippen LogP contribution in [0.5, 0.6) is 0 Å². The Hall–Kier alpha value is -2.99. The number of nitrogens with zero attached hydrogens (tertiary/aromatic N) is 4. The summed E-state index contributed by atoms with van der Waals surface area (Å²) in [6.45, 7) is 3.33. The standard InChI is InChI=1S/C24H28F3N5O/c1-29-22(33)21-15-31(14-19-4-3-9-30(19)2)16-23(21)7-10-32(11-8-23)18-6-5-17(13-28)20(12-18)24(25,26)27/h3-6,9,12,21H,7-8,10-11,14-16H2,1-2H3,(H,29,33). The molecule has 1 unspecified atom stereocenters. The lowest BCUT2D eigenvalue weighted by Crippen LogP contribution is -2.48. The lowest BCUT2D eigenvalue weighted by atomic mass is 9.70. The maximum atomic E-state index is 13.4. The summed E-state index contributed by atoms with van der Waals surface area (Å²) >= 11 is 0. The Balaban J connectivity index is 1.52. The van der Waals surface area contributed by atoms with Crippen LogP contribution in [0.3, 0.4) is 0 Å². The highest BCUT2D eigenvalue weighted by atomic mass is 19.4. The molecule has 0 radical (unpaired) electrons. The van der Waals surface area contributed by atoms with Gasteiger partial charge in [0.05, 0.1) is 23.1 Å². The fraction of sp³-hybridized carbons (Fsp3) is 0.500. The van der Waals surface area contributed by atoms with Gasteiger partial charge in [0.2, 0.25) is 5.91 Å². The number of aromatic nitrogens is 1. The van der Waals surface area contributed by atoms with Gasteiger partial charge in [-0.2, -0.15) is 18.4 Å². The molecule has 1 aromatic heterocycles. The van der Waals surface area contributed by atoms with E-state index in [1.807, 2.05) is 24.2 Å². The number of aryl methyl sites for hydroxylation is 1. The van der Waals surface area contributed by atoms with Crippen LogP contribution in [0.4, 0.5) is 18.9 Å². The van der Waals surface area contributed by atoms with Crippen molar-refractivity contribution in [3.63, 3.8) is 0 Å². The second-order valence-corrected chi connectivity index (χ2v) is 9.14. The van der Waals surface area contributed by atoms with Gasteiger partial charge in [-0.1, -0.05) is 0 Å². The zero-order valence-electron chi connectivity index (χ0n) is 18.8. The minimum atomic E-state index is -4.58. The number of hydrogen-bond acceptors (Lipinski definition) is 4. The Morgan fingerprint density at radius 3 is 2.58 bits per heavy atom. The normalized spacial score (nSPS) is 20.7. The van der Waals surface area contributed by atoms with Crippen molar-refractivity contribution in [2.45, 2.75) is 25.6 Å². The summed E-state index contributed by atoms with van der Waals surface area (Å²) < 4.78 is 42.3. The Labute approximate surface area is 191 Å². The van der Waals surface area contributed by atoms with Crippen molar-refractivity contribution >= 4 is 11.6 Å². The zero-order valence-corrected chi connectivity index (χ0v) is 18.8. The Morgan fingerprint density at radius 1 is 1.27 bits per heavy atom. The number of alkyl halides is 3. The molecule has 0 saturated carbocycles. The van der Waals surface area contributed by atoms with Gasteiger partial charge in [0, 0.05) is 64.4 Å². The molecule has 1 atom stereocenters. The minimum absolute atomic E-state index is 0.0237. The summed E-state index contributed by atoms with van der Waals surface area (Å²) in [5.41, 5.74) is 0.164. The molecular weight excluding hydrogens is 431 g/mol. The number of halogens is 3. The molecule has 33 heavy (non-hydrogen) atoms. The van der Waals surface area contributed by atoms with Crippen LogP contribution in [-0.4, -0.2) is 48.6 Å². The number of rotatable bonds is 4. The Bertz CT molecular complexity index is 1060. The van der Waals surface area contributed by atoms with Crippen LogP contribution in [0.1, 0.15) is 29.7 Å². The van der Waals surface area contributed by atoms with Crippen molar-refractivity contribution < 1.29 is 18.0 Å². The van der Waals surface area contributed by atoms with Crippen molar-refractivity contribution in [3.05, 3.63) is 53.3 Å². The van der Waals surface area contributed by atoms with Crippen LogP contribution in [0.2, 0.25) is 0 Å². The summed E-state index contributed by atoms with van der Waals surface area (Å²) in [6.07, 6.45) is -1.14. The topological polar surface area (TPSA) is 64.3 Å². The van der Waals surface area contributed by atoms with Crippen LogP contribution >= 0.6 is 0 Å². The van der Waals surface area contributed by atoms with Crippen LogP contribution in [0, 0.1) is 22.7 Å². The molecule has 1 N–H and O–H groups in total. The largest absolute Gasteiger partial charge is 0.417 e. The van der Waals surface area contributed by atoms with E-state index in [4.69, 9.17) is 5.26 Å². The van der Waals surface area contributed by atoms with Crippen molar-refractivity contribution in [2.24, 2.45) is 18.4 Å². The predicted molar refractivity (Wildman–Crippen MR) is 118 cm³/mol. The number of carbonyl (C=O) groups excluding carboxylic acids is 1. The van der Waals surface area contributed by atoms with Gasteiger partial charge in [-0.05, 0) is 48.6 Å². The van der Waals surface area contributed by atoms with Gasteiger partial charge >= 0.3 is 6.18 Å². The fourth-order valence-electron chi connectivity index (χ4n) is 5.40. The van der Waals surface area contributed by atoms with Crippen LogP contribution in [-0.2, 0) is 24.6 Å². The van der Waals surface area contributed by atoms with Crippen molar-refractivity contribution in [3.8, 4) is 6.07 Å². The number of nitrogens with one attached hydrogen (secondary N) is 1. The summed E-state index contributed by atoms with van der Waals surface area (Å²) in [5.74, 6) is -0.132. The lowest BCUT2D eigenvalue weighted by Gasteiger charge is -2.43. The van der Waals surface area contributed by atoms with Gasteiger partial charge in [-0.3, -0.25) is 9.69 Å². The zero-order chi connectivity index (χ0) is 23.8. The van der Waals surface area contributed by atoms with E-state index < -0.39 is 11.7 Å². The molecule has 0 aliphatic carbocycles. The predicted octanol–water partition coefficient (Wildman–Crippen LogP) is 3.38. The lowest BCUT2D eigenvalue weighted by molar-refractivity contribution is -0.137. The van der Waals surface area contributed by atoms with E-state index in [1.54, 1.807) is 19.2 Å². The number of nitriles is 1. The van der Waals surface area contributed by atoms with Crippen molar-refractivity contribution in [1.82, 2.24) is 14.8 Å². The van der Waals surface area contributed by atoms with Crippen molar-refractivity contribution in [1.29, 1.82) is 5.26 Å². The van der Waals surface area contributed by atoms with Crippen LogP contribution in [0.15, 0.2) is 36.5 Å². The summed E-state index contributed by atoms with van der Waals surface area (Å²) in [5, 5.41) is 11.9. The number of likely N-dealkylation sites (tertiary alicyclic amines) is 1. The van der Waals surface area contributed by atoms with Crippen LogP contribution < -0.4 is 10.2 Å². The van der Waals surface area contributed by atoms with Gasteiger partial charge < -0.3 is 14.8 Å². The molecule has 1 aromatic carbocycles. The van der Waals surface area contributed by atoms with Gasteiger partial charge in [0.25, 0.3) is 0 Å². The molecule has 6 nitrogen and oxygen atoms in total. The molecule has 1 amide bonds. The molecule has 3 heterocycles. The number of anilines is 1. The monoisotopic (exact) mass is 459 g/mol. The average molecular weight is 460 g/mol. The Kier molecular flexibility index (Phi) is 6.14. The fourth-order valence-corrected chi connectivity index (χ4v) is 5.40. The van der Waals surface area contributed by atoms with Gasteiger partial charge in [0.15, 0.2) is 0 Å². The third-order valence-corrected chi connectivity index (χ3v) is 7.27. The average Bonchev–Trinajstić information content (AvgIpc) is 3.36. The van der Waals surface area contributed by atoms with E-state index in [-0.39, 0.29) is 22.8 Å². The van der Waals surface area contributed by atoms with Gasteiger partial charge in [-0.15, -0.1) is 0 Å². The highest BCUT2D eigenvalue weighted by Gasteiger charge is 2.51. The molecule has 2 aliphatic rings. The maximum absolute atomic E-state index is 13.4. The number of benzene rings is 1. The summed E-state index contributed by atoms with van der Waals surface area (Å²) in [7, 11) is 3.66. The SMILES string of the molecule is CNC(=O)C1CN(Cc2cccn2C)CC12CCN(c1ccc(C#N)c(C(F)(F)F)c1)CC2. The summed E-state index contributed by atoms with van der Waals surface area (Å²) in [4.78, 5) is 17.0. The first-order chi connectivity index (χ1) is 15.7. The maximum Gasteiger partial charge on any atom is 0.417 e. The van der Waals surface area contributed by atoms with Gasteiger partial charge in [0.1, 0.15) is 0 Å². The smallest absolute Gasteiger partial charge is 0.371 e. The Morgan fingerprint density at radius 2 is 2.00 bits per heavy atom. The van der Waals surface area contributed by atoms with Crippen molar-refractivity contribution in [2.75, 3.05) is 38.1 Å². The molecule has 4 rings (SSSR count). The molecule has 176 valence electrons. The van der Waals surface area contributed by atoms with Gasteiger partial charge in [-0.25, -0.2) is 0 Å². The first-order valence-electron chi connectivity index (χ1n) is 11.1. The molecule has 2 fully saturated rings. The number of hydrogen-bond donors (Lipinski definition) is 1. The molecular formula is C24H28F3N5O. The minimum Gasteiger partial charge on any atom is -0.371 e. The third-order valence-electron chi connectivity index (χ3n) is 7.27.